The van der Waals surface area contributed by atoms with Crippen LogP contribution in [-0.4, -0.2) is 35.7 Å². The van der Waals surface area contributed by atoms with Crippen molar-refractivity contribution in [1.82, 2.24) is 35.1 Å². The van der Waals surface area contributed by atoms with Crippen LogP contribution in [0, 0.1) is 0 Å². The molecule has 1 unspecified atom stereocenters. The predicted octanol–water partition coefficient (Wildman–Crippen LogP) is 3.15. The number of imidazole rings is 1. The summed E-state index contributed by atoms with van der Waals surface area (Å²) in [5.74, 6) is 1.05. The number of carbonyl (C=O) groups is 1. The smallest absolute Gasteiger partial charge is 0.247 e. The number of nitrogens with zero attached hydrogens (tertiary/aromatic N) is 6. The van der Waals surface area contributed by atoms with Gasteiger partial charge in [0.2, 0.25) is 11.7 Å². The molecule has 2 aromatic carbocycles. The third-order valence-electron chi connectivity index (χ3n) is 4.80. The van der Waals surface area contributed by atoms with Gasteiger partial charge in [0.25, 0.3) is 0 Å². The molecule has 0 radical (unpaired) electrons. The van der Waals surface area contributed by atoms with Crippen LogP contribution in [0.1, 0.15) is 25.2 Å². The molecule has 8 nitrogen and oxygen atoms in total. The fourth-order valence-corrected chi connectivity index (χ4v) is 3.29. The minimum Gasteiger partial charge on any atom is -0.347 e. The predicted molar refractivity (Wildman–Crippen MR) is 110 cm³/mol. The molecular formula is C20H20ClN7O. The molecule has 1 atom stereocenters. The summed E-state index contributed by atoms with van der Waals surface area (Å²) in [6.45, 7) is 2.23. The molecule has 2 heterocycles. The second kappa shape index (κ2) is 8.00. The third kappa shape index (κ3) is 3.84. The first kappa shape index (κ1) is 19.1. The zero-order chi connectivity index (χ0) is 20.4. The lowest BCUT2D eigenvalue weighted by Gasteiger charge is -2.13. The van der Waals surface area contributed by atoms with Crippen LogP contribution in [0.5, 0.6) is 0 Å². The van der Waals surface area contributed by atoms with Crippen LogP contribution >= 0.6 is 11.6 Å². The Morgan fingerprint density at radius 1 is 1.17 bits per heavy atom. The number of fused-ring (bicyclic) bond motifs is 1. The van der Waals surface area contributed by atoms with Crippen LogP contribution in [0.4, 0.5) is 0 Å². The van der Waals surface area contributed by atoms with Crippen molar-refractivity contribution in [3.63, 3.8) is 0 Å². The van der Waals surface area contributed by atoms with Gasteiger partial charge in [0.05, 0.1) is 17.6 Å². The number of para-hydroxylation sites is 2. The third-order valence-corrected chi connectivity index (χ3v) is 5.05. The highest BCUT2D eigenvalue weighted by atomic mass is 35.5. The van der Waals surface area contributed by atoms with Crippen molar-refractivity contribution in [2.75, 3.05) is 0 Å². The van der Waals surface area contributed by atoms with Gasteiger partial charge in [-0.15, -0.1) is 10.2 Å². The molecule has 0 spiro atoms. The SMILES string of the molecule is CCC(C(=O)NCc1nc2ccccc2n1C)n1nnc(-c2ccc(Cl)cc2)n1. The van der Waals surface area contributed by atoms with E-state index in [1.807, 2.05) is 54.9 Å². The van der Waals surface area contributed by atoms with Gasteiger partial charge < -0.3 is 9.88 Å². The standard InChI is InChI=1S/C20H20ClN7O/c1-3-16(28-25-19(24-26-28)13-8-10-14(21)11-9-13)20(29)22-12-18-23-15-6-4-5-7-17(15)27(18)2/h4-11,16H,3,12H2,1-2H3,(H,22,29). The minimum atomic E-state index is -0.557. The Balaban J connectivity index is 1.48. The number of carbonyl (C=O) groups excluding carboxylic acids is 1. The maximum absolute atomic E-state index is 12.8. The van der Waals surface area contributed by atoms with Crippen molar-refractivity contribution in [2.45, 2.75) is 25.9 Å². The highest BCUT2D eigenvalue weighted by Crippen LogP contribution is 2.19. The molecular weight excluding hydrogens is 390 g/mol. The number of aromatic nitrogens is 6. The Morgan fingerprint density at radius 3 is 2.66 bits per heavy atom. The van der Waals surface area contributed by atoms with Gasteiger partial charge in [-0.2, -0.15) is 4.80 Å². The summed E-state index contributed by atoms with van der Waals surface area (Å²) >= 11 is 5.92. The molecule has 2 aromatic heterocycles. The Hall–Kier alpha value is -3.26. The Kier molecular flexibility index (Phi) is 5.26. The van der Waals surface area contributed by atoms with Crippen LogP contribution in [0.2, 0.25) is 5.02 Å². The highest BCUT2D eigenvalue weighted by Gasteiger charge is 2.22. The molecule has 0 aliphatic heterocycles. The molecule has 0 fully saturated rings. The number of halogens is 1. The normalized spacial score (nSPS) is 12.2. The zero-order valence-corrected chi connectivity index (χ0v) is 16.8. The largest absolute Gasteiger partial charge is 0.347 e. The van der Waals surface area contributed by atoms with Crippen molar-refractivity contribution >= 4 is 28.5 Å². The van der Waals surface area contributed by atoms with E-state index in [9.17, 15) is 4.79 Å². The average Bonchev–Trinajstić information content (AvgIpc) is 3.33. The van der Waals surface area contributed by atoms with Crippen LogP contribution in [0.3, 0.4) is 0 Å². The van der Waals surface area contributed by atoms with E-state index in [1.165, 1.54) is 4.80 Å². The van der Waals surface area contributed by atoms with E-state index >= 15 is 0 Å². The molecule has 4 rings (SSSR count). The Morgan fingerprint density at radius 2 is 1.93 bits per heavy atom. The summed E-state index contributed by atoms with van der Waals surface area (Å²) in [6.07, 6.45) is 0.533. The molecule has 148 valence electrons. The van der Waals surface area contributed by atoms with Crippen LogP contribution in [-0.2, 0) is 18.4 Å². The lowest BCUT2D eigenvalue weighted by molar-refractivity contribution is -0.125. The molecule has 1 N–H and O–H groups in total. The van der Waals surface area contributed by atoms with Crippen LogP contribution in [0.15, 0.2) is 48.5 Å². The average molecular weight is 410 g/mol. The molecule has 9 heteroatoms. The quantitative estimate of drug-likeness (QED) is 0.528. The Bertz CT molecular complexity index is 1150. The van der Waals surface area contributed by atoms with E-state index in [1.54, 1.807) is 12.1 Å². The first-order chi connectivity index (χ1) is 14.1. The van der Waals surface area contributed by atoms with Crippen LogP contribution in [0.25, 0.3) is 22.4 Å². The molecule has 0 saturated carbocycles. The number of aryl methyl sites for hydroxylation is 1. The maximum atomic E-state index is 12.8. The van der Waals surface area contributed by atoms with E-state index in [2.05, 4.69) is 25.7 Å². The summed E-state index contributed by atoms with van der Waals surface area (Å²) in [4.78, 5) is 18.7. The van der Waals surface area contributed by atoms with Gasteiger partial charge in [-0.05, 0) is 48.0 Å². The van der Waals surface area contributed by atoms with Gasteiger partial charge in [-0.25, -0.2) is 4.98 Å². The molecule has 0 bridgehead atoms. The van der Waals surface area contributed by atoms with Crippen molar-refractivity contribution < 1.29 is 4.79 Å². The molecule has 1 amide bonds. The number of rotatable bonds is 6. The summed E-state index contributed by atoms with van der Waals surface area (Å²) in [5, 5.41) is 16.1. The topological polar surface area (TPSA) is 90.5 Å². The Labute approximate surface area is 172 Å². The monoisotopic (exact) mass is 409 g/mol. The van der Waals surface area contributed by atoms with E-state index in [-0.39, 0.29) is 5.91 Å². The van der Waals surface area contributed by atoms with Crippen molar-refractivity contribution in [3.8, 4) is 11.4 Å². The highest BCUT2D eigenvalue weighted by molar-refractivity contribution is 6.30. The summed E-state index contributed by atoms with van der Waals surface area (Å²) in [6, 6.07) is 14.5. The second-order valence-corrected chi connectivity index (χ2v) is 7.09. The molecule has 0 saturated heterocycles. The summed E-state index contributed by atoms with van der Waals surface area (Å²) < 4.78 is 1.98. The number of nitrogens with one attached hydrogen (secondary N) is 1. The van der Waals surface area contributed by atoms with Crippen molar-refractivity contribution in [1.29, 1.82) is 0 Å². The molecule has 4 aromatic rings. The van der Waals surface area contributed by atoms with E-state index in [0.29, 0.717) is 23.8 Å². The van der Waals surface area contributed by atoms with Gasteiger partial charge in [0.1, 0.15) is 5.82 Å². The zero-order valence-electron chi connectivity index (χ0n) is 16.1. The molecule has 0 aliphatic carbocycles. The second-order valence-electron chi connectivity index (χ2n) is 6.66. The molecule has 29 heavy (non-hydrogen) atoms. The van der Waals surface area contributed by atoms with Crippen LogP contribution < -0.4 is 5.32 Å². The number of hydrogen-bond donors (Lipinski definition) is 1. The van der Waals surface area contributed by atoms with E-state index in [4.69, 9.17) is 11.6 Å². The maximum Gasteiger partial charge on any atom is 0.247 e. The van der Waals surface area contributed by atoms with E-state index in [0.717, 1.165) is 22.4 Å². The van der Waals surface area contributed by atoms with Gasteiger partial charge >= 0.3 is 0 Å². The number of benzene rings is 2. The fourth-order valence-electron chi connectivity index (χ4n) is 3.16. The fraction of sp³-hybridized carbons (Fsp3) is 0.250. The number of amides is 1. The molecule has 0 aliphatic rings. The van der Waals surface area contributed by atoms with Crippen molar-refractivity contribution in [3.05, 3.63) is 59.4 Å². The van der Waals surface area contributed by atoms with Gasteiger partial charge in [-0.3, -0.25) is 4.79 Å². The lowest BCUT2D eigenvalue weighted by atomic mass is 10.2. The first-order valence-corrected chi connectivity index (χ1v) is 9.68. The van der Waals surface area contributed by atoms with E-state index < -0.39 is 6.04 Å². The number of tetrazole rings is 1. The van der Waals surface area contributed by atoms with Crippen molar-refractivity contribution in [2.24, 2.45) is 7.05 Å². The van der Waals surface area contributed by atoms with Gasteiger partial charge in [0, 0.05) is 17.6 Å². The minimum absolute atomic E-state index is 0.181. The van der Waals surface area contributed by atoms with Gasteiger partial charge in [-0.1, -0.05) is 30.7 Å². The summed E-state index contributed by atoms with van der Waals surface area (Å²) in [7, 11) is 1.94. The van der Waals surface area contributed by atoms with Gasteiger partial charge in [0.15, 0.2) is 6.04 Å². The first-order valence-electron chi connectivity index (χ1n) is 9.30. The summed E-state index contributed by atoms with van der Waals surface area (Å²) in [5.41, 5.74) is 2.71. The lowest BCUT2D eigenvalue weighted by Crippen LogP contribution is -2.33. The number of hydrogen-bond acceptors (Lipinski definition) is 5.